The molecule has 0 fully saturated rings. The minimum Gasteiger partial charge on any atom is -0.436 e. The average molecular weight is 538 g/mol. The van der Waals surface area contributed by atoms with Crippen molar-refractivity contribution in [3.63, 3.8) is 0 Å². The monoisotopic (exact) mass is 537 g/mol. The van der Waals surface area contributed by atoms with E-state index in [9.17, 15) is 5.11 Å². The van der Waals surface area contributed by atoms with Crippen molar-refractivity contribution >= 4 is 22.9 Å². The molecule has 0 radical (unpaired) electrons. The lowest BCUT2D eigenvalue weighted by atomic mass is 10.1. The van der Waals surface area contributed by atoms with Crippen LogP contribution in [0.15, 0.2) is 87.1 Å². The zero-order chi connectivity index (χ0) is 26.6. The first-order valence-electron chi connectivity index (χ1n) is 12.9. The Bertz CT molecular complexity index is 1690. The third-order valence-electron chi connectivity index (χ3n) is 6.51. The molecular weight excluding hydrogens is 510 g/mol. The zero-order valence-electron chi connectivity index (χ0n) is 21.4. The highest BCUT2D eigenvalue weighted by molar-refractivity contribution is 7.99. The van der Waals surface area contributed by atoms with Gasteiger partial charge in [-0.25, -0.2) is 9.97 Å². The van der Waals surface area contributed by atoms with Crippen LogP contribution < -0.4 is 0 Å². The number of hydrogen-bond acceptors (Lipinski definition) is 8. The van der Waals surface area contributed by atoms with Gasteiger partial charge in [0.15, 0.2) is 5.58 Å². The molecule has 0 atom stereocenters. The van der Waals surface area contributed by atoms with Gasteiger partial charge in [-0.15, -0.1) is 10.2 Å². The van der Waals surface area contributed by atoms with Crippen molar-refractivity contribution in [1.29, 1.82) is 0 Å². The van der Waals surface area contributed by atoms with E-state index in [1.165, 1.54) is 0 Å². The number of unbranched alkanes of at least 4 members (excludes halogenated alkanes) is 1. The molecule has 6 rings (SSSR count). The van der Waals surface area contributed by atoms with Crippen LogP contribution in [-0.2, 0) is 19.6 Å². The number of nitrogens with one attached hydrogen (secondary N) is 1. The summed E-state index contributed by atoms with van der Waals surface area (Å²) >= 11 is 1.58. The molecule has 10 heteroatoms. The van der Waals surface area contributed by atoms with E-state index in [0.717, 1.165) is 62.9 Å². The van der Waals surface area contributed by atoms with E-state index in [2.05, 4.69) is 50.3 Å². The van der Waals surface area contributed by atoms with E-state index in [4.69, 9.17) is 14.4 Å². The second-order valence-electron chi connectivity index (χ2n) is 9.14. The molecule has 9 nitrogen and oxygen atoms in total. The molecule has 0 bridgehead atoms. The summed E-state index contributed by atoms with van der Waals surface area (Å²) in [5.41, 5.74) is 4.88. The number of hydrogen-bond donors (Lipinski definition) is 2. The van der Waals surface area contributed by atoms with Crippen molar-refractivity contribution < 1.29 is 9.52 Å². The Kier molecular flexibility index (Phi) is 7.20. The molecule has 196 valence electrons. The van der Waals surface area contributed by atoms with Gasteiger partial charge in [0.05, 0.1) is 12.3 Å². The quantitative estimate of drug-likeness (QED) is 0.222. The number of aliphatic hydroxyl groups excluding tert-OH is 1. The van der Waals surface area contributed by atoms with Crippen LogP contribution in [0, 0.1) is 0 Å². The third-order valence-corrected chi connectivity index (χ3v) is 7.54. The van der Waals surface area contributed by atoms with Crippen LogP contribution >= 0.6 is 11.8 Å². The smallest absolute Gasteiger partial charge is 0.228 e. The molecule has 0 saturated carbocycles. The number of fused-ring (bicyclic) bond motifs is 1. The summed E-state index contributed by atoms with van der Waals surface area (Å²) in [7, 11) is 0. The molecule has 6 aromatic rings. The van der Waals surface area contributed by atoms with E-state index in [1.54, 1.807) is 11.8 Å². The number of aromatic amines is 1. The summed E-state index contributed by atoms with van der Waals surface area (Å²) in [6.07, 6.45) is 2.95. The summed E-state index contributed by atoms with van der Waals surface area (Å²) < 4.78 is 8.38. The maximum Gasteiger partial charge on any atom is 0.228 e. The van der Waals surface area contributed by atoms with Gasteiger partial charge in [-0.05, 0) is 47.5 Å². The summed E-state index contributed by atoms with van der Waals surface area (Å²) in [6, 6.07) is 23.9. The van der Waals surface area contributed by atoms with Crippen molar-refractivity contribution in [3.05, 3.63) is 89.9 Å². The lowest BCUT2D eigenvalue weighted by Crippen LogP contribution is -2.09. The molecule has 0 aliphatic heterocycles. The Morgan fingerprint density at radius 1 is 0.974 bits per heavy atom. The van der Waals surface area contributed by atoms with Crippen molar-refractivity contribution in [2.75, 3.05) is 0 Å². The number of tetrazole rings is 1. The number of imidazole rings is 1. The van der Waals surface area contributed by atoms with E-state index in [0.29, 0.717) is 23.8 Å². The first-order chi connectivity index (χ1) is 19.2. The highest BCUT2D eigenvalue weighted by Gasteiger charge is 2.19. The third kappa shape index (κ3) is 5.21. The van der Waals surface area contributed by atoms with Crippen LogP contribution in [0.3, 0.4) is 0 Å². The predicted octanol–water partition coefficient (Wildman–Crippen LogP) is 5.91. The Morgan fingerprint density at radius 3 is 2.56 bits per heavy atom. The van der Waals surface area contributed by atoms with E-state index in [-0.39, 0.29) is 6.61 Å². The van der Waals surface area contributed by atoms with Crippen LogP contribution in [0.1, 0.15) is 36.8 Å². The summed E-state index contributed by atoms with van der Waals surface area (Å²) in [5.74, 6) is 1.95. The molecule has 3 aromatic heterocycles. The van der Waals surface area contributed by atoms with Gasteiger partial charge < -0.3 is 14.1 Å². The second-order valence-corrected chi connectivity index (χ2v) is 10.2. The lowest BCUT2D eigenvalue weighted by Gasteiger charge is -2.11. The Hall–Kier alpha value is -4.28. The molecule has 3 heterocycles. The minimum atomic E-state index is -0.0874. The molecule has 0 unspecified atom stereocenters. The molecule has 2 N–H and O–H groups in total. The number of aryl methyl sites for hydroxylation is 1. The number of oxazole rings is 1. The molecule has 0 spiro atoms. The van der Waals surface area contributed by atoms with Gasteiger partial charge in [-0.3, -0.25) is 0 Å². The molecule has 0 aliphatic rings. The van der Waals surface area contributed by atoms with Gasteiger partial charge in [-0.2, -0.15) is 5.21 Å². The Balaban J connectivity index is 1.34. The summed E-state index contributed by atoms with van der Waals surface area (Å²) in [4.78, 5) is 10.8. The number of aliphatic hydroxyl groups is 1. The lowest BCUT2D eigenvalue weighted by molar-refractivity contribution is 0.267. The van der Waals surface area contributed by atoms with Crippen LogP contribution in [0.25, 0.3) is 33.9 Å². The van der Waals surface area contributed by atoms with Crippen molar-refractivity contribution in [3.8, 4) is 22.8 Å². The summed E-state index contributed by atoms with van der Waals surface area (Å²) in [5, 5.41) is 25.6. The molecule has 3 aromatic carbocycles. The van der Waals surface area contributed by atoms with Gasteiger partial charge in [0.25, 0.3) is 0 Å². The number of rotatable bonds is 10. The summed E-state index contributed by atoms with van der Waals surface area (Å²) in [6.45, 7) is 2.66. The molecule has 0 saturated heterocycles. The standard InChI is InChI=1S/C29H27N7O2S/c1-2-3-13-26-31-29(39-20-9-5-4-6-10-20)24(18-37)36(26)17-19-14-15-23-25(16-19)38-28(30-23)22-12-8-7-11-21(22)27-32-34-35-33-27/h4-12,14-16,37H,2-3,13,17-18H2,1H3,(H,32,33,34,35). The first-order valence-corrected chi connectivity index (χ1v) is 13.7. The van der Waals surface area contributed by atoms with Crippen molar-refractivity contribution in [2.24, 2.45) is 0 Å². The fourth-order valence-electron chi connectivity index (χ4n) is 4.57. The van der Waals surface area contributed by atoms with Crippen LogP contribution in [0.2, 0.25) is 0 Å². The van der Waals surface area contributed by atoms with Crippen LogP contribution in [0.5, 0.6) is 0 Å². The van der Waals surface area contributed by atoms with Gasteiger partial charge >= 0.3 is 0 Å². The number of nitrogens with zero attached hydrogens (tertiary/aromatic N) is 6. The highest BCUT2D eigenvalue weighted by Crippen LogP contribution is 2.33. The normalized spacial score (nSPS) is 11.4. The van der Waals surface area contributed by atoms with Gasteiger partial charge in [0.1, 0.15) is 16.4 Å². The molecular formula is C29H27N7O2S. The van der Waals surface area contributed by atoms with Gasteiger partial charge in [0.2, 0.25) is 11.7 Å². The van der Waals surface area contributed by atoms with Crippen LogP contribution in [0.4, 0.5) is 0 Å². The minimum absolute atomic E-state index is 0.0874. The molecule has 0 amide bonds. The van der Waals surface area contributed by atoms with Crippen LogP contribution in [-0.4, -0.2) is 40.3 Å². The van der Waals surface area contributed by atoms with Crippen molar-refractivity contribution in [2.45, 2.75) is 49.3 Å². The SMILES string of the molecule is CCCCc1nc(Sc2ccccc2)c(CO)n1Cc1ccc2nc(-c3ccccc3-c3nn[nH]n3)oc2c1. The maximum absolute atomic E-state index is 10.4. The second kappa shape index (κ2) is 11.2. The van der Waals surface area contributed by atoms with Crippen molar-refractivity contribution in [1.82, 2.24) is 35.2 Å². The zero-order valence-corrected chi connectivity index (χ0v) is 22.2. The maximum atomic E-state index is 10.4. The van der Waals surface area contributed by atoms with Gasteiger partial charge in [-0.1, -0.05) is 67.6 Å². The van der Waals surface area contributed by atoms with E-state index >= 15 is 0 Å². The Labute approximate surface area is 229 Å². The topological polar surface area (TPSA) is 119 Å². The fraction of sp³-hybridized carbons (Fsp3) is 0.207. The predicted molar refractivity (Wildman–Crippen MR) is 149 cm³/mol. The molecule has 39 heavy (non-hydrogen) atoms. The Morgan fingerprint density at radius 2 is 1.79 bits per heavy atom. The highest BCUT2D eigenvalue weighted by atomic mass is 32.2. The van der Waals surface area contributed by atoms with Gasteiger partial charge in [0, 0.05) is 29.0 Å². The number of H-pyrrole nitrogens is 1. The van der Waals surface area contributed by atoms with E-state index < -0.39 is 0 Å². The largest absolute Gasteiger partial charge is 0.436 e. The first kappa shape index (κ1) is 25.0. The number of aromatic nitrogens is 7. The number of benzene rings is 3. The average Bonchev–Trinajstić information content (AvgIpc) is 3.72. The molecule has 0 aliphatic carbocycles. The fourth-order valence-corrected chi connectivity index (χ4v) is 5.53. The van der Waals surface area contributed by atoms with E-state index in [1.807, 2.05) is 54.6 Å².